The van der Waals surface area contributed by atoms with Crippen LogP contribution in [0.25, 0.3) is 0 Å². The van der Waals surface area contributed by atoms with Gasteiger partial charge in [0.25, 0.3) is 5.91 Å². The number of carbonyl (C=O) groups excluding carboxylic acids is 1. The molecule has 27 heavy (non-hydrogen) atoms. The molecule has 2 heterocycles. The van der Waals surface area contributed by atoms with Crippen LogP contribution in [0.1, 0.15) is 37.0 Å². The van der Waals surface area contributed by atoms with Crippen molar-refractivity contribution in [2.45, 2.75) is 38.8 Å². The highest BCUT2D eigenvalue weighted by Crippen LogP contribution is 2.25. The van der Waals surface area contributed by atoms with Crippen molar-refractivity contribution in [3.8, 4) is 5.88 Å². The highest BCUT2D eigenvalue weighted by atomic mass is 35.5. The lowest BCUT2D eigenvalue weighted by Crippen LogP contribution is -2.42. The Morgan fingerprint density at radius 2 is 1.96 bits per heavy atom. The molecule has 0 bridgehead atoms. The minimum absolute atomic E-state index is 0.0378. The number of nitrogens with zero attached hydrogens (tertiary/aromatic N) is 2. The molecule has 1 saturated heterocycles. The SMILES string of the molecule is CC(C)Oc1ncc(C(=O)N2CCC(Nc3ccc(F)cc3)CC2)cc1Cl. The van der Waals surface area contributed by atoms with Crippen molar-refractivity contribution >= 4 is 23.2 Å². The number of anilines is 1. The lowest BCUT2D eigenvalue weighted by atomic mass is 10.0. The summed E-state index contributed by atoms with van der Waals surface area (Å²) in [5, 5.41) is 3.72. The number of pyridine rings is 1. The summed E-state index contributed by atoms with van der Waals surface area (Å²) in [4.78, 5) is 18.7. The van der Waals surface area contributed by atoms with Gasteiger partial charge in [0.05, 0.1) is 11.7 Å². The second-order valence-corrected chi connectivity index (χ2v) is 7.30. The fourth-order valence-electron chi connectivity index (χ4n) is 3.04. The number of aromatic nitrogens is 1. The van der Waals surface area contributed by atoms with E-state index in [1.54, 1.807) is 23.1 Å². The normalized spacial score (nSPS) is 15.1. The van der Waals surface area contributed by atoms with E-state index in [1.807, 2.05) is 13.8 Å². The van der Waals surface area contributed by atoms with Gasteiger partial charge in [-0.25, -0.2) is 9.37 Å². The van der Waals surface area contributed by atoms with Crippen LogP contribution in [0.15, 0.2) is 36.5 Å². The van der Waals surface area contributed by atoms with Gasteiger partial charge in [0.1, 0.15) is 10.8 Å². The topological polar surface area (TPSA) is 54.5 Å². The molecule has 1 aliphatic heterocycles. The summed E-state index contributed by atoms with van der Waals surface area (Å²) in [6.07, 6.45) is 3.11. The first-order chi connectivity index (χ1) is 12.9. The molecule has 0 radical (unpaired) electrons. The van der Waals surface area contributed by atoms with E-state index in [-0.39, 0.29) is 23.9 Å². The van der Waals surface area contributed by atoms with Crippen molar-refractivity contribution in [1.29, 1.82) is 0 Å². The molecule has 1 N–H and O–H groups in total. The van der Waals surface area contributed by atoms with Gasteiger partial charge in [0, 0.05) is 31.0 Å². The first-order valence-electron chi connectivity index (χ1n) is 9.06. The summed E-state index contributed by atoms with van der Waals surface area (Å²) in [5.41, 5.74) is 1.35. The average Bonchev–Trinajstić information content (AvgIpc) is 2.65. The molecular formula is C20H23ClFN3O2. The molecular weight excluding hydrogens is 369 g/mol. The quantitative estimate of drug-likeness (QED) is 0.821. The smallest absolute Gasteiger partial charge is 0.255 e. The van der Waals surface area contributed by atoms with Crippen LogP contribution in [-0.2, 0) is 0 Å². The van der Waals surface area contributed by atoms with Crippen LogP contribution >= 0.6 is 11.6 Å². The van der Waals surface area contributed by atoms with Crippen LogP contribution in [0.5, 0.6) is 5.88 Å². The van der Waals surface area contributed by atoms with Gasteiger partial charge in [-0.3, -0.25) is 4.79 Å². The summed E-state index contributed by atoms with van der Waals surface area (Å²) < 4.78 is 18.5. The summed E-state index contributed by atoms with van der Waals surface area (Å²) >= 11 is 6.19. The van der Waals surface area contributed by atoms with Gasteiger partial charge in [-0.2, -0.15) is 0 Å². The molecule has 0 atom stereocenters. The second-order valence-electron chi connectivity index (χ2n) is 6.90. The maximum Gasteiger partial charge on any atom is 0.255 e. The lowest BCUT2D eigenvalue weighted by molar-refractivity contribution is 0.0718. The first kappa shape index (κ1) is 19.4. The Balaban J connectivity index is 1.56. The molecule has 1 amide bonds. The van der Waals surface area contributed by atoms with E-state index in [0.29, 0.717) is 29.6 Å². The molecule has 1 fully saturated rings. The van der Waals surface area contributed by atoms with Crippen molar-refractivity contribution in [3.63, 3.8) is 0 Å². The third-order valence-electron chi connectivity index (χ3n) is 4.40. The summed E-state index contributed by atoms with van der Waals surface area (Å²) in [7, 11) is 0. The molecule has 144 valence electrons. The lowest BCUT2D eigenvalue weighted by Gasteiger charge is -2.33. The Hall–Kier alpha value is -2.34. The van der Waals surface area contributed by atoms with Crippen LogP contribution < -0.4 is 10.1 Å². The number of hydrogen-bond acceptors (Lipinski definition) is 4. The molecule has 0 unspecified atom stereocenters. The highest BCUT2D eigenvalue weighted by molar-refractivity contribution is 6.32. The van der Waals surface area contributed by atoms with Crippen molar-refractivity contribution in [2.24, 2.45) is 0 Å². The average molecular weight is 392 g/mol. The van der Waals surface area contributed by atoms with Crippen LogP contribution in [0.3, 0.4) is 0 Å². The van der Waals surface area contributed by atoms with Gasteiger partial charge in [-0.15, -0.1) is 0 Å². The molecule has 0 spiro atoms. The van der Waals surface area contributed by atoms with Crippen molar-refractivity contribution in [3.05, 3.63) is 52.9 Å². The van der Waals surface area contributed by atoms with E-state index < -0.39 is 0 Å². The zero-order chi connectivity index (χ0) is 19.4. The molecule has 1 aliphatic rings. The van der Waals surface area contributed by atoms with E-state index in [4.69, 9.17) is 16.3 Å². The molecule has 0 saturated carbocycles. The molecule has 1 aromatic carbocycles. The Morgan fingerprint density at radius 1 is 1.30 bits per heavy atom. The minimum atomic E-state index is -0.252. The predicted molar refractivity (Wildman–Crippen MR) is 104 cm³/mol. The number of benzene rings is 1. The minimum Gasteiger partial charge on any atom is -0.474 e. The number of ether oxygens (including phenoxy) is 1. The number of nitrogens with one attached hydrogen (secondary N) is 1. The number of hydrogen-bond donors (Lipinski definition) is 1. The standard InChI is InChI=1S/C20H23ClFN3O2/c1-13(2)27-19-18(21)11-14(12-23-19)20(26)25-9-7-17(8-10-25)24-16-5-3-15(22)4-6-16/h3-6,11-13,17,24H,7-10H2,1-2H3. The van der Waals surface area contributed by atoms with Crippen molar-refractivity contribution in [1.82, 2.24) is 9.88 Å². The Bertz CT molecular complexity index is 790. The highest BCUT2D eigenvalue weighted by Gasteiger charge is 2.24. The van der Waals surface area contributed by atoms with Crippen LogP contribution in [0.4, 0.5) is 10.1 Å². The van der Waals surface area contributed by atoms with E-state index in [9.17, 15) is 9.18 Å². The molecule has 5 nitrogen and oxygen atoms in total. The van der Waals surface area contributed by atoms with E-state index in [0.717, 1.165) is 18.5 Å². The van der Waals surface area contributed by atoms with Crippen LogP contribution in [0.2, 0.25) is 5.02 Å². The van der Waals surface area contributed by atoms with Crippen LogP contribution in [0, 0.1) is 5.82 Å². The second kappa shape index (κ2) is 8.57. The van der Waals surface area contributed by atoms with Crippen molar-refractivity contribution in [2.75, 3.05) is 18.4 Å². The Morgan fingerprint density at radius 3 is 2.56 bits per heavy atom. The molecule has 0 aliphatic carbocycles. The van der Waals surface area contributed by atoms with Gasteiger partial charge in [-0.05, 0) is 57.0 Å². The van der Waals surface area contributed by atoms with E-state index >= 15 is 0 Å². The summed E-state index contributed by atoms with van der Waals surface area (Å²) in [5.74, 6) is 0.00389. The van der Waals surface area contributed by atoms with Gasteiger partial charge < -0.3 is 15.0 Å². The molecule has 3 rings (SSSR count). The molecule has 2 aromatic rings. The molecule has 7 heteroatoms. The van der Waals surface area contributed by atoms with Crippen LogP contribution in [-0.4, -0.2) is 41.0 Å². The van der Waals surface area contributed by atoms with E-state index in [1.165, 1.54) is 18.3 Å². The maximum atomic E-state index is 13.0. The first-order valence-corrected chi connectivity index (χ1v) is 9.44. The third-order valence-corrected chi connectivity index (χ3v) is 4.67. The largest absolute Gasteiger partial charge is 0.474 e. The number of piperidine rings is 1. The number of carbonyl (C=O) groups is 1. The summed E-state index contributed by atoms with van der Waals surface area (Å²) in [6, 6.07) is 8.18. The monoisotopic (exact) mass is 391 g/mol. The fourth-order valence-corrected chi connectivity index (χ4v) is 3.25. The predicted octanol–water partition coefficient (Wildman–Crippen LogP) is 4.38. The zero-order valence-corrected chi connectivity index (χ0v) is 16.2. The van der Waals surface area contributed by atoms with Gasteiger partial charge in [-0.1, -0.05) is 11.6 Å². The number of amides is 1. The van der Waals surface area contributed by atoms with Gasteiger partial charge in [0.2, 0.25) is 5.88 Å². The van der Waals surface area contributed by atoms with Crippen molar-refractivity contribution < 1.29 is 13.9 Å². The van der Waals surface area contributed by atoms with Gasteiger partial charge >= 0.3 is 0 Å². The Kier molecular flexibility index (Phi) is 6.16. The number of rotatable bonds is 5. The number of halogens is 2. The third kappa shape index (κ3) is 5.10. The number of likely N-dealkylation sites (tertiary alicyclic amines) is 1. The molecule has 1 aromatic heterocycles. The maximum absolute atomic E-state index is 13.0. The fraction of sp³-hybridized carbons (Fsp3) is 0.400. The van der Waals surface area contributed by atoms with E-state index in [2.05, 4.69) is 10.3 Å². The summed E-state index contributed by atoms with van der Waals surface area (Å²) in [6.45, 7) is 5.06. The van der Waals surface area contributed by atoms with Gasteiger partial charge in [0.15, 0.2) is 0 Å². The Labute approximate surface area is 163 Å². The zero-order valence-electron chi connectivity index (χ0n) is 15.4.